The molecule has 168 valence electrons. The molecule has 1 aromatic carbocycles. The number of carbonyl (C=O) groups is 2. The summed E-state index contributed by atoms with van der Waals surface area (Å²) in [6.45, 7) is 6.72. The third kappa shape index (κ3) is 5.09. The molecular weight excluding hydrogens is 414 g/mol. The van der Waals surface area contributed by atoms with Gasteiger partial charge in [-0.05, 0) is 50.1 Å². The normalized spacial score (nSPS) is 18.5. The van der Waals surface area contributed by atoms with Gasteiger partial charge in [0.05, 0.1) is 19.3 Å². The average molecular weight is 446 g/mol. The van der Waals surface area contributed by atoms with E-state index in [1.807, 2.05) is 32.0 Å². The van der Waals surface area contributed by atoms with Crippen molar-refractivity contribution in [3.8, 4) is 11.5 Å². The molecule has 3 rings (SSSR count). The van der Waals surface area contributed by atoms with Gasteiger partial charge in [-0.1, -0.05) is 13.0 Å². The van der Waals surface area contributed by atoms with Crippen LogP contribution < -0.4 is 14.8 Å². The number of benzene rings is 1. The lowest BCUT2D eigenvalue weighted by molar-refractivity contribution is -0.138. The van der Waals surface area contributed by atoms with Crippen LogP contribution in [0.25, 0.3) is 0 Å². The van der Waals surface area contributed by atoms with E-state index in [9.17, 15) is 9.59 Å². The Morgan fingerprint density at radius 2 is 2.03 bits per heavy atom. The molecule has 1 N–H and O–H groups in total. The molecule has 0 saturated carbocycles. The van der Waals surface area contributed by atoms with Gasteiger partial charge < -0.3 is 19.5 Å². The largest absolute Gasteiger partial charge is 0.493 e. The Bertz CT molecular complexity index is 905. The number of allylic oxidation sites excluding steroid dienone is 3. The Balaban J connectivity index is 2.03. The van der Waals surface area contributed by atoms with Crippen molar-refractivity contribution in [2.75, 3.05) is 31.8 Å². The first kappa shape index (κ1) is 23.3. The minimum Gasteiger partial charge on any atom is -0.493 e. The highest BCUT2D eigenvalue weighted by Crippen LogP contribution is 2.44. The van der Waals surface area contributed by atoms with Crippen LogP contribution in [0.15, 0.2) is 40.7 Å². The zero-order valence-electron chi connectivity index (χ0n) is 18.7. The third-order valence-corrected chi connectivity index (χ3v) is 6.35. The van der Waals surface area contributed by atoms with Gasteiger partial charge in [-0.15, -0.1) is 0 Å². The number of hydrogen-bond donors (Lipinski definition) is 1. The smallest absolute Gasteiger partial charge is 0.336 e. The van der Waals surface area contributed by atoms with E-state index in [1.165, 1.54) is 0 Å². The second kappa shape index (κ2) is 10.8. The molecule has 7 heteroatoms. The number of ether oxygens (including phenoxy) is 3. The maximum atomic E-state index is 13.1. The number of nitrogens with one attached hydrogen (secondary N) is 1. The standard InChI is InChI=1S/C24H31NO5S/c1-5-29-19-11-10-16(14-20(19)28-4)22-21(24(27)30-12-13-31-6-2)15(3)25-17-8-7-9-18(26)23(17)22/h10-11,14,22,25H,5-9,12-13H2,1-4H3/t22-/m0/s1. The molecule has 0 unspecified atom stereocenters. The van der Waals surface area contributed by atoms with Crippen LogP contribution in [0.4, 0.5) is 0 Å². The Morgan fingerprint density at radius 3 is 2.74 bits per heavy atom. The first-order chi connectivity index (χ1) is 15.0. The molecule has 2 aliphatic rings. The topological polar surface area (TPSA) is 73.9 Å². The highest BCUT2D eigenvalue weighted by Gasteiger charge is 2.39. The van der Waals surface area contributed by atoms with Gasteiger partial charge in [0.1, 0.15) is 6.61 Å². The summed E-state index contributed by atoms with van der Waals surface area (Å²) in [6.07, 6.45) is 2.09. The number of hydrogen-bond acceptors (Lipinski definition) is 7. The summed E-state index contributed by atoms with van der Waals surface area (Å²) in [4.78, 5) is 26.1. The van der Waals surface area contributed by atoms with Crippen LogP contribution in [-0.4, -0.2) is 43.6 Å². The van der Waals surface area contributed by atoms with Crippen molar-refractivity contribution in [2.45, 2.75) is 46.0 Å². The summed E-state index contributed by atoms with van der Waals surface area (Å²) < 4.78 is 16.8. The lowest BCUT2D eigenvalue weighted by atomic mass is 9.75. The molecule has 0 radical (unpaired) electrons. The number of esters is 1. The van der Waals surface area contributed by atoms with E-state index in [0.29, 0.717) is 42.3 Å². The van der Waals surface area contributed by atoms with E-state index in [2.05, 4.69) is 12.2 Å². The minimum absolute atomic E-state index is 0.0749. The van der Waals surface area contributed by atoms with Crippen LogP contribution >= 0.6 is 11.8 Å². The first-order valence-corrected chi connectivity index (χ1v) is 12.0. The average Bonchev–Trinajstić information content (AvgIpc) is 2.76. The lowest BCUT2D eigenvalue weighted by Crippen LogP contribution is -2.34. The molecule has 0 aromatic heterocycles. The number of rotatable bonds is 9. The first-order valence-electron chi connectivity index (χ1n) is 10.8. The zero-order valence-corrected chi connectivity index (χ0v) is 19.5. The van der Waals surface area contributed by atoms with Gasteiger partial charge in [0, 0.05) is 35.1 Å². The molecule has 1 heterocycles. The van der Waals surface area contributed by atoms with Gasteiger partial charge in [-0.3, -0.25) is 4.79 Å². The summed E-state index contributed by atoms with van der Waals surface area (Å²) in [5.74, 6) is 2.13. The fourth-order valence-corrected chi connectivity index (χ4v) is 4.63. The van der Waals surface area contributed by atoms with E-state index >= 15 is 0 Å². The highest BCUT2D eigenvalue weighted by molar-refractivity contribution is 7.99. The molecule has 0 amide bonds. The molecule has 31 heavy (non-hydrogen) atoms. The highest BCUT2D eigenvalue weighted by atomic mass is 32.2. The van der Waals surface area contributed by atoms with Crippen LogP contribution in [0.2, 0.25) is 0 Å². The van der Waals surface area contributed by atoms with Crippen molar-refractivity contribution in [1.82, 2.24) is 5.32 Å². The lowest BCUT2D eigenvalue weighted by Gasteiger charge is -2.34. The predicted octanol–water partition coefficient (Wildman–Crippen LogP) is 4.36. The number of methoxy groups -OCH3 is 1. The van der Waals surface area contributed by atoms with Gasteiger partial charge in [0.25, 0.3) is 0 Å². The van der Waals surface area contributed by atoms with E-state index in [-0.39, 0.29) is 11.8 Å². The van der Waals surface area contributed by atoms with E-state index < -0.39 is 5.92 Å². The number of ketones is 1. The van der Waals surface area contributed by atoms with Crippen molar-refractivity contribution in [1.29, 1.82) is 0 Å². The van der Waals surface area contributed by atoms with E-state index in [4.69, 9.17) is 14.2 Å². The third-order valence-electron chi connectivity index (χ3n) is 5.48. The van der Waals surface area contributed by atoms with Crippen molar-refractivity contribution >= 4 is 23.5 Å². The molecule has 6 nitrogen and oxygen atoms in total. The van der Waals surface area contributed by atoms with Gasteiger partial charge >= 0.3 is 5.97 Å². The maximum absolute atomic E-state index is 13.1. The van der Waals surface area contributed by atoms with E-state index in [1.54, 1.807) is 18.9 Å². The van der Waals surface area contributed by atoms with Gasteiger partial charge in [0.2, 0.25) is 0 Å². The van der Waals surface area contributed by atoms with Crippen LogP contribution in [-0.2, 0) is 14.3 Å². The molecule has 1 aromatic rings. The molecule has 1 aliphatic heterocycles. The second-order valence-corrected chi connectivity index (χ2v) is 8.84. The summed E-state index contributed by atoms with van der Waals surface area (Å²) in [5.41, 5.74) is 3.61. The van der Waals surface area contributed by atoms with Crippen LogP contribution in [0.1, 0.15) is 51.5 Å². The minimum atomic E-state index is -0.486. The monoisotopic (exact) mass is 445 g/mol. The number of Topliss-reactive ketones (excluding diaryl/α,β-unsaturated/α-hetero) is 1. The van der Waals surface area contributed by atoms with Crippen LogP contribution in [0.3, 0.4) is 0 Å². The quantitative estimate of drug-likeness (QED) is 0.447. The summed E-state index contributed by atoms with van der Waals surface area (Å²) in [7, 11) is 1.59. The van der Waals surface area contributed by atoms with Crippen molar-refractivity contribution in [3.63, 3.8) is 0 Å². The Kier molecular flexibility index (Phi) is 8.07. The summed E-state index contributed by atoms with van der Waals surface area (Å²) in [5, 5.41) is 3.32. The molecule has 1 atom stereocenters. The Labute approximate surface area is 188 Å². The summed E-state index contributed by atoms with van der Waals surface area (Å²) >= 11 is 1.72. The molecule has 0 bridgehead atoms. The van der Waals surface area contributed by atoms with Crippen LogP contribution in [0, 0.1) is 0 Å². The number of thioether (sulfide) groups is 1. The predicted molar refractivity (Wildman–Crippen MR) is 123 cm³/mol. The van der Waals surface area contributed by atoms with Gasteiger partial charge in [-0.25, -0.2) is 4.79 Å². The number of dihydropyridines is 1. The molecule has 0 fully saturated rings. The molecular formula is C24H31NO5S. The van der Waals surface area contributed by atoms with Gasteiger partial charge in [-0.2, -0.15) is 11.8 Å². The SMILES string of the molecule is CCOc1ccc([C@H]2C(C(=O)OCCSCC)=C(C)NC3=C2C(=O)CCC3)cc1OC. The van der Waals surface area contributed by atoms with Crippen LogP contribution in [0.5, 0.6) is 11.5 Å². The maximum Gasteiger partial charge on any atom is 0.336 e. The summed E-state index contributed by atoms with van der Waals surface area (Å²) in [6, 6.07) is 5.61. The van der Waals surface area contributed by atoms with Crippen molar-refractivity contribution < 1.29 is 23.8 Å². The molecule has 0 spiro atoms. The molecule has 0 saturated heterocycles. The Morgan fingerprint density at radius 1 is 1.23 bits per heavy atom. The number of carbonyl (C=O) groups excluding carboxylic acids is 2. The fraction of sp³-hybridized carbons (Fsp3) is 0.500. The molecule has 1 aliphatic carbocycles. The fourth-order valence-electron chi connectivity index (χ4n) is 4.14. The Hall–Kier alpha value is -2.41. The van der Waals surface area contributed by atoms with Crippen molar-refractivity contribution in [3.05, 3.63) is 46.3 Å². The van der Waals surface area contributed by atoms with E-state index in [0.717, 1.165) is 41.3 Å². The van der Waals surface area contributed by atoms with Crippen molar-refractivity contribution in [2.24, 2.45) is 0 Å². The van der Waals surface area contributed by atoms with Gasteiger partial charge in [0.15, 0.2) is 17.3 Å². The zero-order chi connectivity index (χ0) is 22.4. The second-order valence-electron chi connectivity index (χ2n) is 7.44.